The summed E-state index contributed by atoms with van der Waals surface area (Å²) in [6.07, 6.45) is -1.09. The van der Waals surface area contributed by atoms with E-state index in [1.54, 1.807) is 0 Å². The molecule has 116 valence electrons. The third-order valence-corrected chi connectivity index (χ3v) is 4.79. The first kappa shape index (κ1) is 16.3. The van der Waals surface area contributed by atoms with Crippen LogP contribution in [0.25, 0.3) is 0 Å². The van der Waals surface area contributed by atoms with Crippen molar-refractivity contribution in [2.24, 2.45) is 11.8 Å². The van der Waals surface area contributed by atoms with E-state index in [2.05, 4.69) is 28.2 Å². The van der Waals surface area contributed by atoms with Gasteiger partial charge in [-0.15, -0.1) is 0 Å². The maximum Gasteiger partial charge on any atom is 0.416 e. The van der Waals surface area contributed by atoms with Crippen LogP contribution in [0.4, 0.5) is 13.2 Å². The van der Waals surface area contributed by atoms with Crippen LogP contribution in [0.5, 0.6) is 0 Å². The highest BCUT2D eigenvalue weighted by molar-refractivity contribution is 9.10. The Morgan fingerprint density at radius 1 is 1.38 bits per heavy atom. The number of carbonyl (C=O) groups is 1. The van der Waals surface area contributed by atoms with Crippen molar-refractivity contribution in [3.63, 3.8) is 0 Å². The molecule has 0 saturated heterocycles. The van der Waals surface area contributed by atoms with Crippen LogP contribution in [0, 0.1) is 11.8 Å². The maximum absolute atomic E-state index is 12.7. The van der Waals surface area contributed by atoms with Crippen molar-refractivity contribution in [3.8, 4) is 0 Å². The lowest BCUT2D eigenvalue weighted by atomic mass is 9.98. The zero-order chi connectivity index (χ0) is 15.6. The molecule has 21 heavy (non-hydrogen) atoms. The first-order valence-corrected chi connectivity index (χ1v) is 7.73. The molecule has 0 bridgehead atoms. The lowest BCUT2D eigenvalue weighted by Crippen LogP contribution is -2.30. The van der Waals surface area contributed by atoms with E-state index in [1.807, 2.05) is 0 Å². The van der Waals surface area contributed by atoms with Gasteiger partial charge in [0.1, 0.15) is 0 Å². The average molecular weight is 364 g/mol. The number of nitrogens with one attached hydrogen (secondary N) is 1. The minimum Gasteiger partial charge on any atom is -0.352 e. The molecule has 1 aromatic rings. The number of carbonyl (C=O) groups excluding carboxylic acids is 1. The fourth-order valence-corrected chi connectivity index (χ4v) is 3.15. The molecule has 2 unspecified atom stereocenters. The second kappa shape index (κ2) is 6.38. The van der Waals surface area contributed by atoms with Gasteiger partial charge in [0.25, 0.3) is 5.91 Å². The van der Waals surface area contributed by atoms with Crippen LogP contribution < -0.4 is 5.32 Å². The Morgan fingerprint density at radius 3 is 2.67 bits per heavy atom. The highest BCUT2D eigenvalue weighted by Crippen LogP contribution is 2.32. The Kier molecular flexibility index (Phi) is 4.96. The van der Waals surface area contributed by atoms with Gasteiger partial charge in [0.2, 0.25) is 0 Å². The Balaban J connectivity index is 2.08. The highest BCUT2D eigenvalue weighted by Gasteiger charge is 2.31. The van der Waals surface area contributed by atoms with Gasteiger partial charge in [-0.2, -0.15) is 13.2 Å². The first-order valence-electron chi connectivity index (χ1n) is 6.94. The zero-order valence-corrected chi connectivity index (χ0v) is 13.2. The molecule has 1 aliphatic carbocycles. The van der Waals surface area contributed by atoms with Gasteiger partial charge in [-0.25, -0.2) is 0 Å². The maximum atomic E-state index is 12.7. The molecule has 0 aliphatic heterocycles. The number of benzene rings is 1. The number of hydrogen-bond donors (Lipinski definition) is 1. The zero-order valence-electron chi connectivity index (χ0n) is 11.6. The van der Waals surface area contributed by atoms with E-state index in [1.165, 1.54) is 6.07 Å². The van der Waals surface area contributed by atoms with Crippen LogP contribution in [-0.4, -0.2) is 12.5 Å². The summed E-state index contributed by atoms with van der Waals surface area (Å²) in [5.74, 6) is 0.501. The Labute approximate surface area is 130 Å². The third kappa shape index (κ3) is 3.99. The van der Waals surface area contributed by atoms with Gasteiger partial charge in [0, 0.05) is 11.0 Å². The van der Waals surface area contributed by atoms with Crippen LogP contribution in [0.2, 0.25) is 0 Å². The van der Waals surface area contributed by atoms with Gasteiger partial charge in [0.15, 0.2) is 0 Å². The standard InChI is InChI=1S/C15H17BrF3NO/c1-9-3-2-4-10(9)8-20-14(21)12-7-11(15(17,18)19)5-6-13(12)16/h5-7,9-10H,2-4,8H2,1H3,(H,20,21). The summed E-state index contributed by atoms with van der Waals surface area (Å²) in [7, 11) is 0. The van der Waals surface area contributed by atoms with Crippen molar-refractivity contribution in [2.75, 3.05) is 6.54 Å². The second-order valence-electron chi connectivity index (χ2n) is 5.57. The van der Waals surface area contributed by atoms with E-state index in [0.717, 1.165) is 31.4 Å². The molecule has 0 radical (unpaired) electrons. The van der Waals surface area contributed by atoms with Crippen molar-refractivity contribution >= 4 is 21.8 Å². The molecule has 0 aromatic heterocycles. The number of rotatable bonds is 3. The van der Waals surface area contributed by atoms with Gasteiger partial charge in [-0.1, -0.05) is 19.8 Å². The van der Waals surface area contributed by atoms with E-state index >= 15 is 0 Å². The summed E-state index contributed by atoms with van der Waals surface area (Å²) in [6.45, 7) is 2.66. The van der Waals surface area contributed by atoms with Crippen LogP contribution in [0.1, 0.15) is 42.1 Å². The van der Waals surface area contributed by atoms with E-state index in [9.17, 15) is 18.0 Å². The summed E-state index contributed by atoms with van der Waals surface area (Å²) >= 11 is 3.13. The molecule has 1 aromatic carbocycles. The van der Waals surface area contributed by atoms with Crippen LogP contribution in [-0.2, 0) is 6.18 Å². The molecule has 0 heterocycles. The minimum atomic E-state index is -4.45. The van der Waals surface area contributed by atoms with Crippen LogP contribution in [0.15, 0.2) is 22.7 Å². The molecule has 1 saturated carbocycles. The predicted molar refractivity (Wildman–Crippen MR) is 78.0 cm³/mol. The normalized spacial score (nSPS) is 22.3. The summed E-state index contributed by atoms with van der Waals surface area (Å²) in [5.41, 5.74) is -0.791. The van der Waals surface area contributed by atoms with Crippen molar-refractivity contribution in [2.45, 2.75) is 32.4 Å². The summed E-state index contributed by atoms with van der Waals surface area (Å²) in [6, 6.07) is 3.10. The Morgan fingerprint density at radius 2 is 2.10 bits per heavy atom. The van der Waals surface area contributed by atoms with Gasteiger partial charge < -0.3 is 5.32 Å². The number of hydrogen-bond acceptors (Lipinski definition) is 1. The van der Waals surface area contributed by atoms with Crippen molar-refractivity contribution < 1.29 is 18.0 Å². The quantitative estimate of drug-likeness (QED) is 0.832. The van der Waals surface area contributed by atoms with Gasteiger partial charge in [0.05, 0.1) is 11.1 Å². The molecule has 2 atom stereocenters. The van der Waals surface area contributed by atoms with Crippen molar-refractivity contribution in [3.05, 3.63) is 33.8 Å². The lowest BCUT2D eigenvalue weighted by Gasteiger charge is -2.16. The summed E-state index contributed by atoms with van der Waals surface area (Å²) in [5, 5.41) is 2.75. The Hall–Kier alpha value is -1.04. The average Bonchev–Trinajstić information content (AvgIpc) is 2.80. The first-order chi connectivity index (χ1) is 9.79. The molecule has 1 aliphatic rings. The fraction of sp³-hybridized carbons (Fsp3) is 0.533. The van der Waals surface area contributed by atoms with Crippen LogP contribution in [0.3, 0.4) is 0 Å². The summed E-state index contributed by atoms with van der Waals surface area (Å²) < 4.78 is 38.5. The molecule has 6 heteroatoms. The third-order valence-electron chi connectivity index (χ3n) is 4.10. The predicted octanol–water partition coefficient (Wildman–Crippen LogP) is 4.63. The van der Waals surface area contributed by atoms with Gasteiger partial charge in [-0.3, -0.25) is 4.79 Å². The van der Waals surface area contributed by atoms with Crippen molar-refractivity contribution in [1.29, 1.82) is 0 Å². The number of alkyl halides is 3. The molecule has 1 amide bonds. The van der Waals surface area contributed by atoms with Crippen molar-refractivity contribution in [1.82, 2.24) is 5.32 Å². The minimum absolute atomic E-state index is 0.0236. The highest BCUT2D eigenvalue weighted by atomic mass is 79.9. The molecule has 2 nitrogen and oxygen atoms in total. The van der Waals surface area contributed by atoms with Gasteiger partial charge in [-0.05, 0) is 52.4 Å². The smallest absolute Gasteiger partial charge is 0.352 e. The van der Waals surface area contributed by atoms with E-state index in [0.29, 0.717) is 22.9 Å². The van der Waals surface area contributed by atoms with E-state index < -0.39 is 17.6 Å². The topological polar surface area (TPSA) is 29.1 Å². The molecule has 1 fully saturated rings. The van der Waals surface area contributed by atoms with Gasteiger partial charge >= 0.3 is 6.18 Å². The second-order valence-corrected chi connectivity index (χ2v) is 6.43. The molecule has 1 N–H and O–H groups in total. The molecule has 2 rings (SSSR count). The fourth-order valence-electron chi connectivity index (χ4n) is 2.72. The Bertz CT molecular complexity index is 530. The molecular weight excluding hydrogens is 347 g/mol. The molecular formula is C15H17BrF3NO. The summed E-state index contributed by atoms with van der Waals surface area (Å²) in [4.78, 5) is 12.1. The van der Waals surface area contributed by atoms with Crippen LogP contribution >= 0.6 is 15.9 Å². The molecule has 0 spiro atoms. The lowest BCUT2D eigenvalue weighted by molar-refractivity contribution is -0.137. The largest absolute Gasteiger partial charge is 0.416 e. The number of halogens is 4. The monoisotopic (exact) mass is 363 g/mol. The number of amides is 1. The van der Waals surface area contributed by atoms with E-state index in [-0.39, 0.29) is 5.56 Å². The SMILES string of the molecule is CC1CCCC1CNC(=O)c1cc(C(F)(F)F)ccc1Br. The van der Waals surface area contributed by atoms with E-state index in [4.69, 9.17) is 0 Å².